The molecule has 0 aromatic heterocycles. The molecule has 2 heterocycles. The summed E-state index contributed by atoms with van der Waals surface area (Å²) in [6.45, 7) is 0.736. The first-order chi connectivity index (χ1) is 12.0. The molecular weight excluding hydrogens is 324 g/mol. The summed E-state index contributed by atoms with van der Waals surface area (Å²) in [4.78, 5) is 49.1. The van der Waals surface area contributed by atoms with E-state index in [1.807, 2.05) is 0 Å². The van der Waals surface area contributed by atoms with Crippen LogP contribution in [-0.2, 0) is 20.9 Å². The summed E-state index contributed by atoms with van der Waals surface area (Å²) < 4.78 is 0. The second-order valence-corrected chi connectivity index (χ2v) is 6.21. The molecule has 8 heteroatoms. The van der Waals surface area contributed by atoms with E-state index in [0.29, 0.717) is 37.1 Å². The Morgan fingerprint density at radius 2 is 2.12 bits per heavy atom. The maximum absolute atomic E-state index is 12.6. The zero-order chi connectivity index (χ0) is 18.0. The lowest BCUT2D eigenvalue weighted by atomic mass is 10.0. The third kappa shape index (κ3) is 3.53. The molecule has 132 valence electrons. The standard InChI is InChI=1S/C17H20N4O4/c18-7-1-2-14(22)19-11-3-4-12-10(8-11)9-21(17(12)25)13-5-6-15(23)20-16(13)24/h3-4,8,13H,1-2,5-7,9,18H2,(H,19,22)(H,20,23,24). The Labute approximate surface area is 144 Å². The molecule has 3 rings (SSSR count). The molecule has 2 aliphatic heterocycles. The molecule has 25 heavy (non-hydrogen) atoms. The summed E-state index contributed by atoms with van der Waals surface area (Å²) in [7, 11) is 0. The van der Waals surface area contributed by atoms with Crippen LogP contribution in [0, 0.1) is 0 Å². The first kappa shape index (κ1) is 17.1. The van der Waals surface area contributed by atoms with Crippen LogP contribution in [0.4, 0.5) is 5.69 Å². The van der Waals surface area contributed by atoms with E-state index in [4.69, 9.17) is 5.73 Å². The lowest BCUT2D eigenvalue weighted by molar-refractivity contribution is -0.137. The van der Waals surface area contributed by atoms with Crippen molar-refractivity contribution in [2.75, 3.05) is 11.9 Å². The topological polar surface area (TPSA) is 122 Å². The van der Waals surface area contributed by atoms with Crippen LogP contribution < -0.4 is 16.4 Å². The average molecular weight is 344 g/mol. The number of nitrogens with two attached hydrogens (primary N) is 1. The Kier molecular flexibility index (Phi) is 4.80. The fourth-order valence-electron chi connectivity index (χ4n) is 3.14. The van der Waals surface area contributed by atoms with Gasteiger partial charge >= 0.3 is 0 Å². The monoisotopic (exact) mass is 344 g/mol. The number of hydrogen-bond acceptors (Lipinski definition) is 5. The van der Waals surface area contributed by atoms with Crippen molar-refractivity contribution in [2.45, 2.75) is 38.3 Å². The fraction of sp³-hybridized carbons (Fsp3) is 0.412. The molecule has 1 aromatic rings. The van der Waals surface area contributed by atoms with E-state index >= 15 is 0 Å². The Morgan fingerprint density at radius 1 is 1.32 bits per heavy atom. The molecule has 1 fully saturated rings. The van der Waals surface area contributed by atoms with Crippen LogP contribution in [0.2, 0.25) is 0 Å². The van der Waals surface area contributed by atoms with E-state index in [9.17, 15) is 19.2 Å². The number of imide groups is 1. The number of piperidine rings is 1. The number of nitrogens with zero attached hydrogens (tertiary/aromatic N) is 1. The highest BCUT2D eigenvalue weighted by Gasteiger charge is 2.39. The van der Waals surface area contributed by atoms with Crippen LogP contribution in [0.1, 0.15) is 41.6 Å². The highest BCUT2D eigenvalue weighted by molar-refractivity contribution is 6.05. The molecule has 1 aromatic carbocycles. The van der Waals surface area contributed by atoms with Crippen LogP contribution in [0.3, 0.4) is 0 Å². The molecule has 0 radical (unpaired) electrons. The Bertz CT molecular complexity index is 746. The number of hydrogen-bond donors (Lipinski definition) is 3. The van der Waals surface area contributed by atoms with Crippen molar-refractivity contribution in [1.29, 1.82) is 0 Å². The maximum atomic E-state index is 12.6. The van der Waals surface area contributed by atoms with Gasteiger partial charge in [-0.25, -0.2) is 0 Å². The number of benzene rings is 1. The van der Waals surface area contributed by atoms with E-state index in [-0.39, 0.29) is 30.7 Å². The average Bonchev–Trinajstić information content (AvgIpc) is 2.89. The smallest absolute Gasteiger partial charge is 0.255 e. The third-order valence-corrected chi connectivity index (χ3v) is 4.42. The number of amides is 4. The van der Waals surface area contributed by atoms with Crippen molar-refractivity contribution in [3.05, 3.63) is 29.3 Å². The van der Waals surface area contributed by atoms with Gasteiger partial charge < -0.3 is 16.0 Å². The first-order valence-corrected chi connectivity index (χ1v) is 8.27. The van der Waals surface area contributed by atoms with Crippen molar-refractivity contribution in [2.24, 2.45) is 5.73 Å². The number of nitrogens with one attached hydrogen (secondary N) is 2. The number of fused-ring (bicyclic) bond motifs is 1. The van der Waals surface area contributed by atoms with E-state index < -0.39 is 11.9 Å². The Hall–Kier alpha value is -2.74. The van der Waals surface area contributed by atoms with Gasteiger partial charge in [0.15, 0.2) is 0 Å². The van der Waals surface area contributed by atoms with Gasteiger partial charge in [-0.3, -0.25) is 24.5 Å². The highest BCUT2D eigenvalue weighted by Crippen LogP contribution is 2.29. The predicted octanol–water partition coefficient (Wildman–Crippen LogP) is 0.125. The Balaban J connectivity index is 1.72. The van der Waals surface area contributed by atoms with Gasteiger partial charge in [0.05, 0.1) is 0 Å². The minimum atomic E-state index is -0.639. The molecule has 4 amide bonds. The first-order valence-electron chi connectivity index (χ1n) is 8.27. The van der Waals surface area contributed by atoms with Gasteiger partial charge in [0.2, 0.25) is 17.7 Å². The van der Waals surface area contributed by atoms with Crippen LogP contribution >= 0.6 is 0 Å². The summed E-state index contributed by atoms with van der Waals surface area (Å²) in [6.07, 6.45) is 1.50. The highest BCUT2D eigenvalue weighted by atomic mass is 16.2. The molecule has 8 nitrogen and oxygen atoms in total. The van der Waals surface area contributed by atoms with Gasteiger partial charge in [0.1, 0.15) is 6.04 Å². The number of carbonyl (C=O) groups is 4. The van der Waals surface area contributed by atoms with Crippen molar-refractivity contribution in [1.82, 2.24) is 10.2 Å². The van der Waals surface area contributed by atoms with Crippen molar-refractivity contribution < 1.29 is 19.2 Å². The van der Waals surface area contributed by atoms with Crippen molar-refractivity contribution in [3.8, 4) is 0 Å². The molecular formula is C17H20N4O4. The summed E-state index contributed by atoms with van der Waals surface area (Å²) in [6, 6.07) is 4.44. The molecule has 0 aliphatic carbocycles. The molecule has 0 saturated carbocycles. The van der Waals surface area contributed by atoms with Crippen LogP contribution in [-0.4, -0.2) is 41.1 Å². The SMILES string of the molecule is NCCCC(=O)Nc1ccc2c(c1)CN(C1CCC(=O)NC1=O)C2=O. The summed E-state index contributed by atoms with van der Waals surface area (Å²) in [5.74, 6) is -1.11. The van der Waals surface area contributed by atoms with E-state index in [1.54, 1.807) is 18.2 Å². The molecule has 1 atom stereocenters. The van der Waals surface area contributed by atoms with E-state index in [1.165, 1.54) is 4.90 Å². The number of anilines is 1. The Morgan fingerprint density at radius 3 is 2.84 bits per heavy atom. The number of carbonyl (C=O) groups excluding carboxylic acids is 4. The summed E-state index contributed by atoms with van der Waals surface area (Å²) >= 11 is 0. The van der Waals surface area contributed by atoms with E-state index in [2.05, 4.69) is 10.6 Å². The van der Waals surface area contributed by atoms with Crippen LogP contribution in [0.15, 0.2) is 18.2 Å². The van der Waals surface area contributed by atoms with Crippen LogP contribution in [0.25, 0.3) is 0 Å². The minimum absolute atomic E-state index is 0.128. The predicted molar refractivity (Wildman–Crippen MR) is 89.4 cm³/mol. The molecule has 4 N–H and O–H groups in total. The minimum Gasteiger partial charge on any atom is -0.330 e. The van der Waals surface area contributed by atoms with Gasteiger partial charge in [-0.1, -0.05) is 0 Å². The molecule has 0 bridgehead atoms. The quantitative estimate of drug-likeness (QED) is 0.655. The zero-order valence-electron chi connectivity index (χ0n) is 13.7. The maximum Gasteiger partial charge on any atom is 0.255 e. The van der Waals surface area contributed by atoms with Gasteiger partial charge in [-0.2, -0.15) is 0 Å². The summed E-state index contributed by atoms with van der Waals surface area (Å²) in [5.41, 5.74) is 7.27. The van der Waals surface area contributed by atoms with Gasteiger partial charge in [0.25, 0.3) is 5.91 Å². The van der Waals surface area contributed by atoms with Crippen molar-refractivity contribution >= 4 is 29.3 Å². The fourth-order valence-corrected chi connectivity index (χ4v) is 3.14. The normalized spacial score (nSPS) is 19.6. The third-order valence-electron chi connectivity index (χ3n) is 4.42. The summed E-state index contributed by atoms with van der Waals surface area (Å²) in [5, 5.41) is 5.05. The zero-order valence-corrected chi connectivity index (χ0v) is 13.7. The molecule has 1 unspecified atom stereocenters. The van der Waals surface area contributed by atoms with E-state index in [0.717, 1.165) is 5.56 Å². The second kappa shape index (κ2) is 7.02. The van der Waals surface area contributed by atoms with Gasteiger partial charge in [0, 0.05) is 30.6 Å². The van der Waals surface area contributed by atoms with Gasteiger partial charge in [-0.15, -0.1) is 0 Å². The molecule has 1 saturated heterocycles. The molecule has 2 aliphatic rings. The van der Waals surface area contributed by atoms with Crippen molar-refractivity contribution in [3.63, 3.8) is 0 Å². The largest absolute Gasteiger partial charge is 0.330 e. The lowest BCUT2D eigenvalue weighted by Crippen LogP contribution is -2.52. The lowest BCUT2D eigenvalue weighted by Gasteiger charge is -2.29. The number of rotatable bonds is 5. The second-order valence-electron chi connectivity index (χ2n) is 6.21. The van der Waals surface area contributed by atoms with Crippen LogP contribution in [0.5, 0.6) is 0 Å². The molecule has 0 spiro atoms. The van der Waals surface area contributed by atoms with Gasteiger partial charge in [-0.05, 0) is 43.1 Å².